The SMILES string of the molecule is O=[N+]([O-])c1ccc(CS(=O)(=O)c2cccc[n+]2[O-])cc1. The largest absolute Gasteiger partial charge is 0.618 e. The molecule has 0 bridgehead atoms. The molecule has 0 spiro atoms. The van der Waals surface area contributed by atoms with Crippen molar-refractivity contribution < 1.29 is 18.1 Å². The first-order valence-electron chi connectivity index (χ1n) is 5.54. The van der Waals surface area contributed by atoms with Gasteiger partial charge in [0.15, 0.2) is 6.20 Å². The lowest BCUT2D eigenvalue weighted by Gasteiger charge is -2.05. The van der Waals surface area contributed by atoms with E-state index >= 15 is 0 Å². The zero-order valence-corrected chi connectivity index (χ0v) is 11.0. The molecule has 1 aromatic carbocycles. The van der Waals surface area contributed by atoms with Crippen LogP contribution in [0.15, 0.2) is 53.7 Å². The summed E-state index contributed by atoms with van der Waals surface area (Å²) in [5.74, 6) is -0.392. The lowest BCUT2D eigenvalue weighted by atomic mass is 10.2. The van der Waals surface area contributed by atoms with Gasteiger partial charge in [-0.15, -0.1) is 0 Å². The molecule has 0 saturated carbocycles. The number of nitrogens with zero attached hydrogens (tertiary/aromatic N) is 2. The highest BCUT2D eigenvalue weighted by atomic mass is 32.2. The maximum Gasteiger partial charge on any atom is 0.308 e. The highest BCUT2D eigenvalue weighted by Crippen LogP contribution is 2.16. The van der Waals surface area contributed by atoms with Gasteiger partial charge >= 0.3 is 5.03 Å². The molecule has 0 aliphatic heterocycles. The average molecular weight is 294 g/mol. The van der Waals surface area contributed by atoms with Crippen molar-refractivity contribution >= 4 is 15.5 Å². The highest BCUT2D eigenvalue weighted by molar-refractivity contribution is 7.90. The van der Waals surface area contributed by atoms with Crippen LogP contribution in [0.1, 0.15) is 5.56 Å². The van der Waals surface area contributed by atoms with Crippen molar-refractivity contribution in [3.8, 4) is 0 Å². The van der Waals surface area contributed by atoms with Crippen molar-refractivity contribution in [3.05, 3.63) is 69.5 Å². The van der Waals surface area contributed by atoms with Crippen molar-refractivity contribution in [1.82, 2.24) is 0 Å². The van der Waals surface area contributed by atoms with E-state index in [0.717, 1.165) is 6.20 Å². The van der Waals surface area contributed by atoms with Crippen molar-refractivity contribution in [2.75, 3.05) is 0 Å². The topological polar surface area (TPSA) is 104 Å². The van der Waals surface area contributed by atoms with Crippen molar-refractivity contribution in [3.63, 3.8) is 0 Å². The Balaban J connectivity index is 2.29. The Morgan fingerprint density at radius 1 is 1.10 bits per heavy atom. The van der Waals surface area contributed by atoms with E-state index in [1.54, 1.807) is 0 Å². The molecule has 0 aliphatic rings. The molecular formula is C12H10N2O5S. The molecule has 0 amide bonds. The van der Waals surface area contributed by atoms with Crippen LogP contribution in [0.3, 0.4) is 0 Å². The third-order valence-corrected chi connectivity index (χ3v) is 4.28. The second-order valence-corrected chi connectivity index (χ2v) is 5.98. The second-order valence-electron chi connectivity index (χ2n) is 4.05. The zero-order chi connectivity index (χ0) is 14.8. The van der Waals surface area contributed by atoms with Gasteiger partial charge in [0, 0.05) is 24.3 Å². The van der Waals surface area contributed by atoms with E-state index in [9.17, 15) is 23.7 Å². The van der Waals surface area contributed by atoms with Crippen LogP contribution in [-0.2, 0) is 15.6 Å². The number of benzene rings is 1. The summed E-state index contributed by atoms with van der Waals surface area (Å²) < 4.78 is 24.5. The first-order chi connectivity index (χ1) is 9.40. The van der Waals surface area contributed by atoms with Gasteiger partial charge < -0.3 is 5.21 Å². The van der Waals surface area contributed by atoms with Gasteiger partial charge in [0.1, 0.15) is 0 Å². The molecule has 7 nitrogen and oxygen atoms in total. The Kier molecular flexibility index (Phi) is 3.66. The van der Waals surface area contributed by atoms with Crippen LogP contribution in [0.5, 0.6) is 0 Å². The fourth-order valence-electron chi connectivity index (χ4n) is 1.66. The third-order valence-electron chi connectivity index (χ3n) is 2.61. The lowest BCUT2D eigenvalue weighted by molar-refractivity contribution is -0.646. The van der Waals surface area contributed by atoms with Crippen LogP contribution < -0.4 is 4.73 Å². The summed E-state index contributed by atoms with van der Waals surface area (Å²) in [6.45, 7) is 0. The first-order valence-corrected chi connectivity index (χ1v) is 7.20. The van der Waals surface area contributed by atoms with Gasteiger partial charge in [-0.05, 0) is 11.6 Å². The standard InChI is InChI=1S/C12H10N2O5S/c15-13-8-2-1-3-12(13)20(18,19)9-10-4-6-11(7-5-10)14(16)17/h1-8H,9H2. The van der Waals surface area contributed by atoms with Crippen LogP contribution in [0, 0.1) is 15.3 Å². The molecule has 20 heavy (non-hydrogen) atoms. The van der Waals surface area contributed by atoms with E-state index in [1.165, 1.54) is 42.5 Å². The maximum absolute atomic E-state index is 12.1. The molecule has 2 aromatic rings. The highest BCUT2D eigenvalue weighted by Gasteiger charge is 2.23. The fraction of sp³-hybridized carbons (Fsp3) is 0.0833. The quantitative estimate of drug-likeness (QED) is 0.365. The van der Waals surface area contributed by atoms with E-state index in [1.807, 2.05) is 0 Å². The molecule has 1 aromatic heterocycles. The van der Waals surface area contributed by atoms with Gasteiger partial charge in [-0.1, -0.05) is 12.1 Å². The number of nitro groups is 1. The number of nitro benzene ring substituents is 1. The Hall–Kier alpha value is -2.48. The molecular weight excluding hydrogens is 284 g/mol. The molecule has 2 rings (SSSR count). The van der Waals surface area contributed by atoms with E-state index in [-0.39, 0.29) is 15.4 Å². The Morgan fingerprint density at radius 2 is 1.75 bits per heavy atom. The maximum atomic E-state index is 12.1. The molecule has 0 N–H and O–H groups in total. The van der Waals surface area contributed by atoms with Gasteiger partial charge in [-0.25, -0.2) is 8.42 Å². The van der Waals surface area contributed by atoms with Crippen molar-refractivity contribution in [2.45, 2.75) is 10.8 Å². The normalized spacial score (nSPS) is 11.2. The molecule has 1 heterocycles. The predicted molar refractivity (Wildman–Crippen MR) is 69.4 cm³/mol. The van der Waals surface area contributed by atoms with Crippen LogP contribution in [0.25, 0.3) is 0 Å². The van der Waals surface area contributed by atoms with Gasteiger partial charge in [0.25, 0.3) is 5.69 Å². The Labute approximate surface area is 114 Å². The molecule has 0 fully saturated rings. The monoisotopic (exact) mass is 294 g/mol. The summed E-state index contributed by atoms with van der Waals surface area (Å²) in [4.78, 5) is 9.94. The number of sulfone groups is 1. The van der Waals surface area contributed by atoms with Crippen LogP contribution in [0.4, 0.5) is 5.69 Å². The van der Waals surface area contributed by atoms with Gasteiger partial charge in [0.2, 0.25) is 9.84 Å². The molecule has 0 aliphatic carbocycles. The van der Waals surface area contributed by atoms with Crippen LogP contribution >= 0.6 is 0 Å². The summed E-state index contributed by atoms with van der Waals surface area (Å²) in [6.07, 6.45) is 1.10. The molecule has 0 radical (unpaired) electrons. The van der Waals surface area contributed by atoms with Crippen LogP contribution in [0.2, 0.25) is 0 Å². The summed E-state index contributed by atoms with van der Waals surface area (Å²) >= 11 is 0. The fourth-order valence-corrected chi connectivity index (χ4v) is 3.06. The average Bonchev–Trinajstić information content (AvgIpc) is 2.39. The summed E-state index contributed by atoms with van der Waals surface area (Å²) in [5.41, 5.74) is 0.254. The Morgan fingerprint density at radius 3 is 2.30 bits per heavy atom. The summed E-state index contributed by atoms with van der Waals surface area (Å²) in [7, 11) is -3.80. The number of hydrogen-bond acceptors (Lipinski definition) is 5. The smallest absolute Gasteiger partial charge is 0.308 e. The van der Waals surface area contributed by atoms with Crippen molar-refractivity contribution in [1.29, 1.82) is 0 Å². The Bertz CT molecular complexity index is 741. The lowest BCUT2D eigenvalue weighted by Crippen LogP contribution is -2.33. The number of hydrogen-bond donors (Lipinski definition) is 0. The van der Waals surface area contributed by atoms with E-state index < -0.39 is 20.5 Å². The molecule has 8 heteroatoms. The zero-order valence-electron chi connectivity index (χ0n) is 10.2. The summed E-state index contributed by atoms with van der Waals surface area (Å²) in [5, 5.41) is 21.6. The summed E-state index contributed by atoms with van der Waals surface area (Å²) in [6, 6.07) is 9.26. The van der Waals surface area contributed by atoms with Gasteiger partial charge in [-0.3, -0.25) is 10.1 Å². The second kappa shape index (κ2) is 5.25. The molecule has 0 saturated heterocycles. The molecule has 104 valence electrons. The minimum atomic E-state index is -3.80. The number of rotatable bonds is 4. The predicted octanol–water partition coefficient (Wildman–Crippen LogP) is 1.20. The first kappa shape index (κ1) is 13.9. The van der Waals surface area contributed by atoms with Crippen LogP contribution in [-0.4, -0.2) is 13.3 Å². The number of pyridine rings is 1. The number of aromatic nitrogens is 1. The molecule has 0 atom stereocenters. The van der Waals surface area contributed by atoms with E-state index in [4.69, 9.17) is 0 Å². The minimum Gasteiger partial charge on any atom is -0.618 e. The number of non-ortho nitro benzene ring substituents is 1. The minimum absolute atomic E-state index is 0.121. The molecule has 0 unspecified atom stereocenters. The van der Waals surface area contributed by atoms with E-state index in [2.05, 4.69) is 0 Å². The van der Waals surface area contributed by atoms with Gasteiger partial charge in [-0.2, -0.15) is 4.73 Å². The van der Waals surface area contributed by atoms with E-state index in [0.29, 0.717) is 5.56 Å². The third kappa shape index (κ3) is 2.91. The van der Waals surface area contributed by atoms with Gasteiger partial charge in [0.05, 0.1) is 10.7 Å². The van der Waals surface area contributed by atoms with Crippen molar-refractivity contribution in [2.24, 2.45) is 0 Å².